The van der Waals surface area contributed by atoms with Crippen LogP contribution in [0.4, 0.5) is 10.5 Å². The van der Waals surface area contributed by atoms with Crippen LogP contribution in [0.5, 0.6) is 0 Å². The van der Waals surface area contributed by atoms with E-state index in [1.807, 2.05) is 34.6 Å². The van der Waals surface area contributed by atoms with Gasteiger partial charge in [-0.25, -0.2) is 19.0 Å². The van der Waals surface area contributed by atoms with Gasteiger partial charge in [-0.2, -0.15) is 0 Å². The van der Waals surface area contributed by atoms with Gasteiger partial charge in [-0.05, 0) is 33.6 Å². The normalized spacial score (nSPS) is 22.0. The lowest BCUT2D eigenvalue weighted by atomic mass is 10.0. The van der Waals surface area contributed by atoms with Crippen LogP contribution in [0.25, 0.3) is 5.65 Å². The van der Waals surface area contributed by atoms with Crippen LogP contribution in [0.3, 0.4) is 0 Å². The summed E-state index contributed by atoms with van der Waals surface area (Å²) in [4.78, 5) is 34.1. The number of aromatic nitrogens is 3. The zero-order valence-corrected chi connectivity index (χ0v) is 18.9. The molecule has 0 N–H and O–H groups in total. The average molecular weight is 441 g/mol. The fourth-order valence-electron chi connectivity index (χ4n) is 3.86. The van der Waals surface area contributed by atoms with Gasteiger partial charge in [0.2, 0.25) is 0 Å². The number of alkyl halides is 1. The van der Waals surface area contributed by atoms with Crippen molar-refractivity contribution in [2.45, 2.75) is 71.0 Å². The predicted molar refractivity (Wildman–Crippen MR) is 118 cm³/mol. The van der Waals surface area contributed by atoms with Crippen LogP contribution in [0.15, 0.2) is 17.1 Å². The molecule has 8 nitrogen and oxygen atoms in total. The van der Waals surface area contributed by atoms with Gasteiger partial charge in [0.05, 0.1) is 29.5 Å². The standard InChI is InChI=1S/C21H32ClN5O3/c1-7-15-13-26(20(29)30-21(3,4)5)16(8-2)12-25(15)17-9-18(28)24(6)27-11-14(10-22)23-19(17)27/h9,11,15-16H,7-8,10,12-13H2,1-6H3/t15-,16+/m0/s1/i6D3. The first-order valence-electron chi connectivity index (χ1n) is 11.8. The number of halogens is 1. The van der Waals surface area contributed by atoms with Crippen LogP contribution in [-0.2, 0) is 17.6 Å². The van der Waals surface area contributed by atoms with Gasteiger partial charge >= 0.3 is 6.09 Å². The minimum Gasteiger partial charge on any atom is -0.444 e. The molecular formula is C21H32ClN5O3. The molecule has 0 bridgehead atoms. The van der Waals surface area contributed by atoms with Gasteiger partial charge in [0.1, 0.15) is 5.60 Å². The van der Waals surface area contributed by atoms with Gasteiger partial charge in [-0.15, -0.1) is 11.6 Å². The van der Waals surface area contributed by atoms with Crippen molar-refractivity contribution < 1.29 is 13.6 Å². The number of nitrogens with zero attached hydrogens (tertiary/aromatic N) is 5. The summed E-state index contributed by atoms with van der Waals surface area (Å²) in [6.07, 6.45) is 2.51. The van der Waals surface area contributed by atoms with Crippen LogP contribution in [0.1, 0.15) is 57.3 Å². The van der Waals surface area contributed by atoms with E-state index < -0.39 is 18.1 Å². The molecule has 1 aliphatic heterocycles. The van der Waals surface area contributed by atoms with Crippen molar-refractivity contribution in [1.82, 2.24) is 19.1 Å². The number of fused-ring (bicyclic) bond motifs is 1. The molecule has 1 amide bonds. The first kappa shape index (κ1) is 18.5. The molecular weight excluding hydrogens is 406 g/mol. The number of imidazole rings is 1. The Bertz CT molecular complexity index is 1080. The summed E-state index contributed by atoms with van der Waals surface area (Å²) in [6.45, 7) is 7.72. The molecule has 0 aliphatic carbocycles. The lowest BCUT2D eigenvalue weighted by molar-refractivity contribution is 0.00989. The highest BCUT2D eigenvalue weighted by Crippen LogP contribution is 2.29. The van der Waals surface area contributed by atoms with Gasteiger partial charge in [0, 0.05) is 36.3 Å². The van der Waals surface area contributed by atoms with E-state index in [4.69, 9.17) is 20.5 Å². The van der Waals surface area contributed by atoms with E-state index in [1.54, 1.807) is 4.90 Å². The minimum absolute atomic E-state index is 0.0809. The average Bonchev–Trinajstić information content (AvgIpc) is 3.13. The number of aryl methyl sites for hydroxylation is 1. The molecule has 0 radical (unpaired) electrons. The third-order valence-corrected chi connectivity index (χ3v) is 5.64. The van der Waals surface area contributed by atoms with Crippen LogP contribution < -0.4 is 10.5 Å². The van der Waals surface area contributed by atoms with E-state index in [0.717, 1.165) is 0 Å². The lowest BCUT2D eigenvalue weighted by Gasteiger charge is -2.47. The summed E-state index contributed by atoms with van der Waals surface area (Å²) < 4.78 is 31.0. The van der Waals surface area contributed by atoms with Crippen molar-refractivity contribution in [3.05, 3.63) is 28.3 Å². The van der Waals surface area contributed by atoms with Crippen molar-refractivity contribution in [2.24, 2.45) is 6.98 Å². The van der Waals surface area contributed by atoms with Gasteiger partial charge in [0.25, 0.3) is 5.56 Å². The topological polar surface area (TPSA) is 72.1 Å². The summed E-state index contributed by atoms with van der Waals surface area (Å²) in [7, 11) is 0. The smallest absolute Gasteiger partial charge is 0.410 e. The first-order valence-corrected chi connectivity index (χ1v) is 10.8. The Morgan fingerprint density at radius 1 is 1.30 bits per heavy atom. The van der Waals surface area contributed by atoms with Crippen LogP contribution in [0.2, 0.25) is 0 Å². The number of piperazine rings is 1. The Morgan fingerprint density at radius 3 is 2.57 bits per heavy atom. The van der Waals surface area contributed by atoms with Gasteiger partial charge in [-0.3, -0.25) is 4.79 Å². The number of ether oxygens (including phenoxy) is 1. The molecule has 1 fully saturated rings. The number of carbonyl (C=O) groups excluding carboxylic acids is 1. The van der Waals surface area contributed by atoms with E-state index in [-0.39, 0.29) is 24.1 Å². The Balaban J connectivity index is 2.09. The second-order valence-electron chi connectivity index (χ2n) is 8.62. The Morgan fingerprint density at radius 2 is 2.00 bits per heavy atom. The number of rotatable bonds is 4. The molecule has 2 aromatic heterocycles. The van der Waals surface area contributed by atoms with Crippen molar-refractivity contribution in [3.63, 3.8) is 0 Å². The van der Waals surface area contributed by atoms with Gasteiger partial charge < -0.3 is 14.5 Å². The molecule has 0 aromatic carbocycles. The predicted octanol–water partition coefficient (Wildman–Crippen LogP) is 3.39. The SMILES string of the molecule is [2H]C([2H])([2H])n1c(=O)cc(N2C[C@@H](CC)N(C(=O)OC(C)(C)C)C[C@@H]2CC)c2nc(CCl)cn21. The van der Waals surface area contributed by atoms with Crippen molar-refractivity contribution in [3.8, 4) is 0 Å². The molecule has 1 saturated heterocycles. The molecule has 0 unspecified atom stereocenters. The largest absolute Gasteiger partial charge is 0.444 e. The molecule has 3 heterocycles. The van der Waals surface area contributed by atoms with Crippen molar-refractivity contribution in [2.75, 3.05) is 18.0 Å². The highest BCUT2D eigenvalue weighted by molar-refractivity contribution is 6.16. The monoisotopic (exact) mass is 440 g/mol. The highest BCUT2D eigenvalue weighted by Gasteiger charge is 2.38. The van der Waals surface area contributed by atoms with Crippen LogP contribution in [0, 0.1) is 0 Å². The molecule has 0 saturated carbocycles. The van der Waals surface area contributed by atoms with Crippen molar-refractivity contribution >= 4 is 29.0 Å². The first-order chi connectivity index (χ1) is 15.3. The van der Waals surface area contributed by atoms with E-state index in [0.29, 0.717) is 47.6 Å². The van der Waals surface area contributed by atoms with E-state index in [1.165, 1.54) is 16.8 Å². The summed E-state index contributed by atoms with van der Waals surface area (Å²) in [5.41, 5.74) is 0.0856. The second kappa shape index (κ2) is 8.49. The quantitative estimate of drug-likeness (QED) is 0.681. The summed E-state index contributed by atoms with van der Waals surface area (Å²) in [5, 5.41) is 0. The number of hydrogen-bond acceptors (Lipinski definition) is 5. The van der Waals surface area contributed by atoms with Gasteiger partial charge in [0.15, 0.2) is 5.65 Å². The van der Waals surface area contributed by atoms with E-state index >= 15 is 0 Å². The molecule has 166 valence electrons. The number of anilines is 1. The third kappa shape index (κ3) is 4.29. The Hall–Kier alpha value is -2.22. The third-order valence-electron chi connectivity index (χ3n) is 5.36. The molecule has 9 heteroatoms. The Kier molecular flexibility index (Phi) is 5.25. The van der Waals surface area contributed by atoms with E-state index in [2.05, 4.69) is 9.88 Å². The van der Waals surface area contributed by atoms with Crippen molar-refractivity contribution in [1.29, 1.82) is 0 Å². The number of carbonyl (C=O) groups is 1. The van der Waals surface area contributed by atoms with Crippen LogP contribution in [-0.4, -0.2) is 55.9 Å². The molecule has 2 atom stereocenters. The highest BCUT2D eigenvalue weighted by atomic mass is 35.5. The maximum atomic E-state index is 12.9. The maximum absolute atomic E-state index is 12.9. The molecule has 0 spiro atoms. The number of amides is 1. The molecule has 1 aliphatic rings. The summed E-state index contributed by atoms with van der Waals surface area (Å²) in [5.74, 6) is 0.0809. The fraction of sp³-hybridized carbons (Fsp3) is 0.667. The fourth-order valence-corrected chi connectivity index (χ4v) is 3.99. The lowest BCUT2D eigenvalue weighted by Crippen LogP contribution is -2.60. The van der Waals surface area contributed by atoms with E-state index in [9.17, 15) is 9.59 Å². The summed E-state index contributed by atoms with van der Waals surface area (Å²) >= 11 is 5.98. The second-order valence-corrected chi connectivity index (χ2v) is 8.89. The zero-order chi connectivity index (χ0) is 24.7. The van der Waals surface area contributed by atoms with Crippen LogP contribution >= 0.6 is 11.6 Å². The maximum Gasteiger partial charge on any atom is 0.410 e. The zero-order valence-electron chi connectivity index (χ0n) is 21.2. The minimum atomic E-state index is -2.68. The Labute approximate surface area is 186 Å². The molecule has 30 heavy (non-hydrogen) atoms. The summed E-state index contributed by atoms with van der Waals surface area (Å²) in [6, 6.07) is 1.07. The molecule has 3 rings (SSSR count). The number of hydrogen-bond donors (Lipinski definition) is 0. The van der Waals surface area contributed by atoms with Gasteiger partial charge in [-0.1, -0.05) is 13.8 Å². The molecule has 2 aromatic rings.